The molecule has 7 nitrogen and oxygen atoms in total. The van der Waals surface area contributed by atoms with Gasteiger partial charge >= 0.3 is 11.9 Å². The second-order valence-corrected chi connectivity index (χ2v) is 12.2. The first-order chi connectivity index (χ1) is 11.3. The zero-order chi connectivity index (χ0) is 19.8. The number of ether oxygens (including phenoxy) is 2. The van der Waals surface area contributed by atoms with Crippen molar-refractivity contribution in [3.63, 3.8) is 0 Å². The van der Waals surface area contributed by atoms with Crippen molar-refractivity contribution in [2.45, 2.75) is 70.4 Å². The van der Waals surface area contributed by atoms with E-state index in [9.17, 15) is 19.8 Å². The zero-order valence-electron chi connectivity index (χ0n) is 16.3. The smallest absolute Gasteiger partial charge is 0.308 e. The summed E-state index contributed by atoms with van der Waals surface area (Å²) in [5.74, 6) is -0.723. The van der Waals surface area contributed by atoms with E-state index >= 15 is 0 Å². The monoisotopic (exact) mass is 376 g/mol. The Morgan fingerprint density at radius 3 is 1.92 bits per heavy atom. The number of hydrogen-bond donors (Lipinski definition) is 2. The standard InChI is InChI=1S/C17H32O7Si/c1-17(2,3)25(6,7)24-14(8-12(18)10-15(20)22-4)9-13(19)11-16(21)23-5/h8,12-13,18-19H,9-11H2,1-7H3/t12-,13+/m0/s1. The Labute approximate surface area is 151 Å². The predicted octanol–water partition coefficient (Wildman–Crippen LogP) is 2.13. The van der Waals surface area contributed by atoms with Gasteiger partial charge in [-0.1, -0.05) is 20.8 Å². The minimum absolute atomic E-state index is 0.0415. The predicted molar refractivity (Wildman–Crippen MR) is 96.3 cm³/mol. The second-order valence-electron chi connectivity index (χ2n) is 7.48. The number of aliphatic hydroxyl groups is 2. The van der Waals surface area contributed by atoms with Crippen molar-refractivity contribution in [3.05, 3.63) is 11.8 Å². The van der Waals surface area contributed by atoms with E-state index in [0.29, 0.717) is 5.76 Å². The Kier molecular flexibility index (Phi) is 9.38. The highest BCUT2D eigenvalue weighted by atomic mass is 28.4. The topological polar surface area (TPSA) is 102 Å². The van der Waals surface area contributed by atoms with Crippen LogP contribution < -0.4 is 0 Å². The van der Waals surface area contributed by atoms with Crippen LogP contribution in [-0.4, -0.2) is 56.9 Å². The summed E-state index contributed by atoms with van der Waals surface area (Å²) in [5.41, 5.74) is 0. The lowest BCUT2D eigenvalue weighted by Gasteiger charge is -2.37. The zero-order valence-corrected chi connectivity index (χ0v) is 17.3. The first-order valence-corrected chi connectivity index (χ1v) is 11.1. The van der Waals surface area contributed by atoms with Crippen LogP contribution in [0.5, 0.6) is 0 Å². The van der Waals surface area contributed by atoms with Crippen molar-refractivity contribution in [1.82, 2.24) is 0 Å². The van der Waals surface area contributed by atoms with Crippen LogP contribution in [0, 0.1) is 0 Å². The average molecular weight is 377 g/mol. The highest BCUT2D eigenvalue weighted by Gasteiger charge is 2.39. The number of methoxy groups -OCH3 is 2. The van der Waals surface area contributed by atoms with Gasteiger partial charge in [0.2, 0.25) is 8.32 Å². The molecule has 25 heavy (non-hydrogen) atoms. The molecule has 0 saturated carbocycles. The van der Waals surface area contributed by atoms with Crippen molar-refractivity contribution in [3.8, 4) is 0 Å². The van der Waals surface area contributed by atoms with Crippen LogP contribution >= 0.6 is 0 Å². The third kappa shape index (κ3) is 9.04. The summed E-state index contributed by atoms with van der Waals surface area (Å²) in [6, 6.07) is 0. The van der Waals surface area contributed by atoms with Gasteiger partial charge in [0.05, 0.1) is 45.0 Å². The summed E-state index contributed by atoms with van der Waals surface area (Å²) in [7, 11) is 0.269. The summed E-state index contributed by atoms with van der Waals surface area (Å²) >= 11 is 0. The molecule has 8 heteroatoms. The van der Waals surface area contributed by atoms with Gasteiger partial charge in [0, 0.05) is 6.42 Å². The minimum atomic E-state index is -2.22. The van der Waals surface area contributed by atoms with E-state index in [0.717, 1.165) is 0 Å². The Morgan fingerprint density at radius 2 is 1.48 bits per heavy atom. The Morgan fingerprint density at radius 1 is 1.00 bits per heavy atom. The van der Waals surface area contributed by atoms with Gasteiger partial charge in [-0.15, -0.1) is 0 Å². The fourth-order valence-corrected chi connectivity index (χ4v) is 2.85. The highest BCUT2D eigenvalue weighted by Crippen LogP contribution is 2.38. The van der Waals surface area contributed by atoms with E-state index in [4.69, 9.17) is 4.43 Å². The van der Waals surface area contributed by atoms with E-state index in [1.807, 2.05) is 13.1 Å². The molecule has 0 heterocycles. The molecule has 0 fully saturated rings. The lowest BCUT2D eigenvalue weighted by Crippen LogP contribution is -2.41. The molecule has 2 atom stereocenters. The van der Waals surface area contributed by atoms with Gasteiger partial charge in [0.1, 0.15) is 0 Å². The Bertz CT molecular complexity index is 480. The molecule has 0 aliphatic heterocycles. The number of rotatable bonds is 9. The maximum absolute atomic E-state index is 11.3. The molecule has 2 N–H and O–H groups in total. The molecule has 0 spiro atoms. The summed E-state index contributed by atoms with van der Waals surface area (Å²) in [6.45, 7) is 10.2. The van der Waals surface area contributed by atoms with Gasteiger partial charge in [0.15, 0.2) is 0 Å². The first-order valence-electron chi connectivity index (χ1n) is 8.22. The third-order valence-corrected chi connectivity index (χ3v) is 8.63. The van der Waals surface area contributed by atoms with Gasteiger partial charge in [-0.25, -0.2) is 0 Å². The largest absolute Gasteiger partial charge is 0.547 e. The molecule has 0 aliphatic rings. The van der Waals surface area contributed by atoms with Gasteiger partial charge in [-0.05, 0) is 24.2 Å². The van der Waals surface area contributed by atoms with E-state index in [1.54, 1.807) is 0 Å². The van der Waals surface area contributed by atoms with Crippen molar-refractivity contribution in [2.75, 3.05) is 14.2 Å². The minimum Gasteiger partial charge on any atom is -0.547 e. The molecule has 0 saturated heterocycles. The maximum Gasteiger partial charge on any atom is 0.308 e. The summed E-state index contributed by atoms with van der Waals surface area (Å²) < 4.78 is 15.2. The molecule has 0 aliphatic carbocycles. The van der Waals surface area contributed by atoms with Crippen LogP contribution in [0.15, 0.2) is 11.8 Å². The van der Waals surface area contributed by atoms with Gasteiger partial charge in [0.25, 0.3) is 0 Å². The molecule has 0 unspecified atom stereocenters. The molecular formula is C17H32O7Si. The van der Waals surface area contributed by atoms with Crippen LogP contribution in [-0.2, 0) is 23.5 Å². The molecule has 0 radical (unpaired) electrons. The van der Waals surface area contributed by atoms with Crippen molar-refractivity contribution < 1.29 is 33.7 Å². The van der Waals surface area contributed by atoms with Gasteiger partial charge < -0.3 is 24.1 Å². The van der Waals surface area contributed by atoms with E-state index in [2.05, 4.69) is 30.2 Å². The first kappa shape index (κ1) is 23.6. The fraction of sp³-hybridized carbons (Fsp3) is 0.765. The summed E-state index contributed by atoms with van der Waals surface area (Å²) in [6.07, 6.45) is -1.06. The van der Waals surface area contributed by atoms with E-state index < -0.39 is 32.5 Å². The van der Waals surface area contributed by atoms with E-state index in [-0.39, 0.29) is 24.3 Å². The number of carbonyl (C=O) groups is 2. The molecule has 146 valence electrons. The van der Waals surface area contributed by atoms with Crippen LogP contribution in [0.1, 0.15) is 40.0 Å². The molecule has 0 rings (SSSR count). The molecule has 0 bridgehead atoms. The number of carbonyl (C=O) groups excluding carboxylic acids is 2. The van der Waals surface area contributed by atoms with Gasteiger partial charge in [-0.3, -0.25) is 9.59 Å². The number of hydrogen-bond acceptors (Lipinski definition) is 7. The highest BCUT2D eigenvalue weighted by molar-refractivity contribution is 6.74. The number of esters is 2. The van der Waals surface area contributed by atoms with Crippen LogP contribution in [0.4, 0.5) is 0 Å². The average Bonchev–Trinajstić information content (AvgIpc) is 2.44. The normalized spacial score (nSPS) is 15.3. The molecule has 0 aromatic heterocycles. The second kappa shape index (κ2) is 9.93. The molecular weight excluding hydrogens is 344 g/mol. The SMILES string of the molecule is COC(=O)C[C@H](O)CC(=C[C@H](O)CC(=O)OC)O[Si](C)(C)C(C)(C)C. The lowest BCUT2D eigenvalue weighted by atomic mass is 10.1. The molecule has 0 aromatic carbocycles. The summed E-state index contributed by atoms with van der Waals surface area (Å²) in [4.78, 5) is 22.6. The number of aliphatic hydroxyl groups excluding tert-OH is 2. The fourth-order valence-electron chi connectivity index (χ4n) is 1.73. The Balaban J connectivity index is 5.29. The molecule has 0 amide bonds. The van der Waals surface area contributed by atoms with Crippen molar-refractivity contribution in [1.29, 1.82) is 0 Å². The maximum atomic E-state index is 11.3. The lowest BCUT2D eigenvalue weighted by molar-refractivity contribution is -0.143. The van der Waals surface area contributed by atoms with Crippen molar-refractivity contribution in [2.24, 2.45) is 0 Å². The van der Waals surface area contributed by atoms with Crippen LogP contribution in [0.2, 0.25) is 18.1 Å². The van der Waals surface area contributed by atoms with Crippen LogP contribution in [0.25, 0.3) is 0 Å². The van der Waals surface area contributed by atoms with E-state index in [1.165, 1.54) is 20.3 Å². The van der Waals surface area contributed by atoms with Crippen molar-refractivity contribution >= 4 is 20.3 Å². The van der Waals surface area contributed by atoms with Crippen LogP contribution in [0.3, 0.4) is 0 Å². The quantitative estimate of drug-likeness (QED) is 0.361. The third-order valence-electron chi connectivity index (χ3n) is 4.24. The van der Waals surface area contributed by atoms with Gasteiger partial charge in [-0.2, -0.15) is 0 Å². The summed E-state index contributed by atoms with van der Waals surface area (Å²) in [5, 5.41) is 20.0. The molecule has 0 aromatic rings. The Hall–Kier alpha value is -1.38.